The number of hydrogen-bond donors (Lipinski definition) is 0. The molecule has 0 aromatic heterocycles. The molecule has 0 aliphatic heterocycles. The lowest BCUT2D eigenvalue weighted by Gasteiger charge is -2.30. The van der Waals surface area contributed by atoms with Crippen LogP contribution in [-0.4, -0.2) is 0 Å². The molecule has 2 aliphatic rings. The molecular weight excluding hydrogens is 723 g/mol. The molecule has 0 amide bonds. The van der Waals surface area contributed by atoms with E-state index in [1.54, 1.807) is 0 Å². The fourth-order valence-corrected chi connectivity index (χ4v) is 9.94. The predicted molar refractivity (Wildman–Crippen MR) is 255 cm³/mol. The predicted octanol–water partition coefficient (Wildman–Crippen LogP) is 16.1. The molecule has 9 aromatic carbocycles. The zero-order chi connectivity index (χ0) is 40.2. The van der Waals surface area contributed by atoms with Gasteiger partial charge in [0, 0.05) is 28.1 Å². The summed E-state index contributed by atoms with van der Waals surface area (Å²) < 4.78 is 0. The van der Waals surface area contributed by atoms with Crippen LogP contribution in [0.3, 0.4) is 0 Å². The first-order valence-electron chi connectivity index (χ1n) is 21.2. The summed E-state index contributed by atoms with van der Waals surface area (Å²) in [5.74, 6) is 0.357. The van der Waals surface area contributed by atoms with Gasteiger partial charge in [-0.05, 0) is 114 Å². The second-order valence-corrected chi connectivity index (χ2v) is 16.8. The second-order valence-electron chi connectivity index (χ2n) is 16.8. The van der Waals surface area contributed by atoms with Crippen LogP contribution < -0.4 is 4.90 Å². The van der Waals surface area contributed by atoms with Gasteiger partial charge in [-0.25, -0.2) is 0 Å². The van der Waals surface area contributed by atoms with Gasteiger partial charge in [0.05, 0.1) is 5.69 Å². The van der Waals surface area contributed by atoms with Gasteiger partial charge in [0.25, 0.3) is 0 Å². The Morgan fingerprint density at radius 2 is 1.08 bits per heavy atom. The van der Waals surface area contributed by atoms with Gasteiger partial charge >= 0.3 is 0 Å². The molecular formula is C59H45N. The van der Waals surface area contributed by atoms with Gasteiger partial charge in [0.1, 0.15) is 0 Å². The zero-order valence-electron chi connectivity index (χ0n) is 34.0. The van der Waals surface area contributed by atoms with Crippen LogP contribution in [0.1, 0.15) is 42.9 Å². The highest BCUT2D eigenvalue weighted by Gasteiger charge is 2.37. The van der Waals surface area contributed by atoms with Crippen LogP contribution in [-0.2, 0) is 5.41 Å². The molecule has 0 spiro atoms. The molecule has 0 saturated carbocycles. The monoisotopic (exact) mass is 767 g/mol. The number of hydrogen-bond acceptors (Lipinski definition) is 1. The molecule has 1 unspecified atom stereocenters. The van der Waals surface area contributed by atoms with Crippen molar-refractivity contribution in [3.8, 4) is 44.5 Å². The molecule has 11 rings (SSSR count). The lowest BCUT2D eigenvalue weighted by atomic mass is 9.80. The minimum Gasteiger partial charge on any atom is -0.310 e. The van der Waals surface area contributed by atoms with Crippen molar-refractivity contribution in [3.05, 3.63) is 241 Å². The van der Waals surface area contributed by atoms with E-state index in [1.165, 1.54) is 94.1 Å². The highest BCUT2D eigenvalue weighted by Crippen LogP contribution is 2.54. The normalized spacial score (nSPS) is 15.1. The molecule has 0 saturated heterocycles. The summed E-state index contributed by atoms with van der Waals surface area (Å²) in [6.45, 7) is 4.75. The fraction of sp³-hybridized carbons (Fsp3) is 0.0847. The Kier molecular flexibility index (Phi) is 8.71. The highest BCUT2D eigenvalue weighted by atomic mass is 15.1. The van der Waals surface area contributed by atoms with E-state index >= 15 is 0 Å². The van der Waals surface area contributed by atoms with Crippen LogP contribution >= 0.6 is 0 Å². The Morgan fingerprint density at radius 1 is 0.467 bits per heavy atom. The topological polar surface area (TPSA) is 3.24 Å². The van der Waals surface area contributed by atoms with E-state index in [0.29, 0.717) is 5.92 Å². The van der Waals surface area contributed by atoms with Gasteiger partial charge in [0.15, 0.2) is 0 Å². The summed E-state index contributed by atoms with van der Waals surface area (Å²) in [7, 11) is 0. The standard InChI is InChI=1S/C59H45N/c1-59(2)54-24-14-13-23-53(54)58-55(59)39-46-19-9-10-20-50(46)57(58)45-27-25-44(26-28-45)49-37-38-56(52-22-12-11-21-51(49)52)60(47-33-29-42(30-34-47)40-15-5-3-6-16-40)48-35-31-43(32-36-48)41-17-7-4-8-18-41/h3-31,33-39,43H,32H2,1-2H3. The SMILES string of the molecule is CC1(C)c2ccccc2-c2c1cc1ccccc1c2-c1ccc(-c2ccc(N(C3=CCC(c4ccccc4)C=C3)c3ccc(-c4ccccc4)cc3)c3ccccc23)cc1. The van der Waals surface area contributed by atoms with Crippen LogP contribution in [0.25, 0.3) is 66.1 Å². The first kappa shape index (κ1) is 35.9. The molecule has 1 atom stereocenters. The van der Waals surface area contributed by atoms with Gasteiger partial charge in [-0.3, -0.25) is 0 Å². The van der Waals surface area contributed by atoms with Crippen LogP contribution in [0.5, 0.6) is 0 Å². The van der Waals surface area contributed by atoms with E-state index in [2.05, 4.69) is 237 Å². The Bertz CT molecular complexity index is 3110. The summed E-state index contributed by atoms with van der Waals surface area (Å²) in [6, 6.07) is 73.7. The largest absolute Gasteiger partial charge is 0.310 e. The van der Waals surface area contributed by atoms with E-state index in [0.717, 1.165) is 12.1 Å². The molecule has 0 radical (unpaired) electrons. The minimum absolute atomic E-state index is 0.0732. The van der Waals surface area contributed by atoms with Crippen molar-refractivity contribution < 1.29 is 0 Å². The van der Waals surface area contributed by atoms with Gasteiger partial charge in [-0.2, -0.15) is 0 Å². The maximum Gasteiger partial charge on any atom is 0.0540 e. The van der Waals surface area contributed by atoms with E-state index in [9.17, 15) is 0 Å². The molecule has 286 valence electrons. The highest BCUT2D eigenvalue weighted by molar-refractivity contribution is 6.09. The van der Waals surface area contributed by atoms with Gasteiger partial charge in [0.2, 0.25) is 0 Å². The fourth-order valence-electron chi connectivity index (χ4n) is 9.94. The van der Waals surface area contributed by atoms with Gasteiger partial charge in [-0.15, -0.1) is 0 Å². The van der Waals surface area contributed by atoms with Crippen LogP contribution in [0, 0.1) is 0 Å². The second kappa shape index (κ2) is 14.6. The minimum atomic E-state index is -0.0732. The molecule has 1 nitrogen and oxygen atoms in total. The van der Waals surface area contributed by atoms with Crippen molar-refractivity contribution in [1.82, 2.24) is 0 Å². The Balaban J connectivity index is 1.01. The molecule has 0 heterocycles. The summed E-state index contributed by atoms with van der Waals surface area (Å²) >= 11 is 0. The lowest BCUT2D eigenvalue weighted by Crippen LogP contribution is -2.17. The molecule has 0 bridgehead atoms. The van der Waals surface area contributed by atoms with Gasteiger partial charge in [-0.1, -0.05) is 202 Å². The first-order valence-corrected chi connectivity index (χ1v) is 21.2. The number of benzene rings is 9. The smallest absolute Gasteiger partial charge is 0.0540 e. The Labute approximate surface area is 353 Å². The Hall–Kier alpha value is -7.22. The van der Waals surface area contributed by atoms with Crippen molar-refractivity contribution in [2.24, 2.45) is 0 Å². The van der Waals surface area contributed by atoms with E-state index in [4.69, 9.17) is 0 Å². The first-order chi connectivity index (χ1) is 29.5. The quantitative estimate of drug-likeness (QED) is 0.156. The van der Waals surface area contributed by atoms with Crippen LogP contribution in [0.4, 0.5) is 11.4 Å². The van der Waals surface area contributed by atoms with E-state index in [-0.39, 0.29) is 5.41 Å². The average molecular weight is 768 g/mol. The summed E-state index contributed by atoms with van der Waals surface area (Å²) in [6.07, 6.45) is 8.05. The molecule has 60 heavy (non-hydrogen) atoms. The number of fused-ring (bicyclic) bond motifs is 5. The van der Waals surface area contributed by atoms with Crippen molar-refractivity contribution in [3.63, 3.8) is 0 Å². The average Bonchev–Trinajstić information content (AvgIpc) is 3.54. The maximum absolute atomic E-state index is 2.45. The molecule has 0 fully saturated rings. The zero-order valence-corrected chi connectivity index (χ0v) is 34.0. The summed E-state index contributed by atoms with van der Waals surface area (Å²) in [5.41, 5.74) is 17.7. The number of allylic oxidation sites excluding steroid dienone is 3. The van der Waals surface area contributed by atoms with Crippen molar-refractivity contribution in [1.29, 1.82) is 0 Å². The third kappa shape index (κ3) is 6.00. The third-order valence-electron chi connectivity index (χ3n) is 13.0. The van der Waals surface area contributed by atoms with Crippen molar-refractivity contribution in [2.75, 3.05) is 4.90 Å². The van der Waals surface area contributed by atoms with Crippen LogP contribution in [0.15, 0.2) is 224 Å². The van der Waals surface area contributed by atoms with E-state index < -0.39 is 0 Å². The molecule has 0 N–H and O–H groups in total. The summed E-state index contributed by atoms with van der Waals surface area (Å²) in [4.78, 5) is 2.45. The number of nitrogens with zero attached hydrogens (tertiary/aromatic N) is 1. The number of rotatable bonds is 7. The van der Waals surface area contributed by atoms with Gasteiger partial charge < -0.3 is 4.90 Å². The third-order valence-corrected chi connectivity index (χ3v) is 13.0. The maximum atomic E-state index is 2.45. The Morgan fingerprint density at radius 3 is 1.83 bits per heavy atom. The molecule has 1 heteroatoms. The molecule has 2 aliphatic carbocycles. The summed E-state index contributed by atoms with van der Waals surface area (Å²) in [5, 5.41) is 5.04. The van der Waals surface area contributed by atoms with E-state index in [1.807, 2.05) is 0 Å². The van der Waals surface area contributed by atoms with Crippen molar-refractivity contribution >= 4 is 32.9 Å². The number of anilines is 2. The molecule has 9 aromatic rings. The van der Waals surface area contributed by atoms with Crippen LogP contribution in [0.2, 0.25) is 0 Å². The van der Waals surface area contributed by atoms with Crippen molar-refractivity contribution in [2.45, 2.75) is 31.6 Å². The lowest BCUT2D eigenvalue weighted by molar-refractivity contribution is 0.661.